The van der Waals surface area contributed by atoms with Gasteiger partial charge in [0.1, 0.15) is 11.8 Å². The highest BCUT2D eigenvalue weighted by Gasteiger charge is 2.41. The number of nitrogen functional groups attached to an aromatic ring is 1. The lowest BCUT2D eigenvalue weighted by atomic mass is 10.1. The van der Waals surface area contributed by atoms with E-state index < -0.39 is 24.4 Å². The summed E-state index contributed by atoms with van der Waals surface area (Å²) in [6, 6.07) is -0.919. The van der Waals surface area contributed by atoms with Gasteiger partial charge in [0.15, 0.2) is 17.7 Å². The van der Waals surface area contributed by atoms with Crippen LogP contribution in [-0.2, 0) is 4.74 Å². The summed E-state index contributed by atoms with van der Waals surface area (Å²) in [7, 11) is 0. The second-order valence-corrected chi connectivity index (χ2v) is 4.49. The van der Waals surface area contributed by atoms with Gasteiger partial charge in [-0.2, -0.15) is 0 Å². The first-order valence-corrected chi connectivity index (χ1v) is 5.84. The second kappa shape index (κ2) is 4.38. The van der Waals surface area contributed by atoms with Crippen molar-refractivity contribution < 1.29 is 9.84 Å². The van der Waals surface area contributed by atoms with Gasteiger partial charge in [0.05, 0.1) is 31.1 Å². The SMILES string of the molecule is Nc1ncnc2c1ncn2C1OC(CO)C(N)C1N. The first-order chi connectivity index (χ1) is 9.13. The van der Waals surface area contributed by atoms with Crippen molar-refractivity contribution in [3.05, 3.63) is 12.7 Å². The van der Waals surface area contributed by atoms with E-state index in [-0.39, 0.29) is 6.61 Å². The van der Waals surface area contributed by atoms with Crippen LogP contribution in [0.3, 0.4) is 0 Å². The van der Waals surface area contributed by atoms with Crippen molar-refractivity contribution in [1.29, 1.82) is 0 Å². The van der Waals surface area contributed by atoms with Crippen LogP contribution in [0.4, 0.5) is 5.82 Å². The predicted molar refractivity (Wildman–Crippen MR) is 66.7 cm³/mol. The second-order valence-electron chi connectivity index (χ2n) is 4.49. The standard InChI is InChI=1S/C10H15N7O2/c11-5-4(1-18)19-10(6(5)12)17-3-16-7-8(13)14-2-15-9(7)17/h2-6,10,18H,1,11-12H2,(H2,13,14,15). The summed E-state index contributed by atoms with van der Waals surface area (Å²) in [4.78, 5) is 12.1. The average molecular weight is 265 g/mol. The monoisotopic (exact) mass is 265 g/mol. The Morgan fingerprint density at radius 1 is 1.26 bits per heavy atom. The van der Waals surface area contributed by atoms with Crippen molar-refractivity contribution in [1.82, 2.24) is 19.5 Å². The fourth-order valence-electron chi connectivity index (χ4n) is 2.27. The van der Waals surface area contributed by atoms with Crippen LogP contribution in [-0.4, -0.2) is 49.4 Å². The Bertz CT molecular complexity index is 601. The van der Waals surface area contributed by atoms with Crippen molar-refractivity contribution in [2.45, 2.75) is 24.4 Å². The van der Waals surface area contributed by atoms with Crippen LogP contribution in [0.15, 0.2) is 12.7 Å². The average Bonchev–Trinajstić information content (AvgIpc) is 2.94. The fourth-order valence-corrected chi connectivity index (χ4v) is 2.27. The molecule has 0 saturated carbocycles. The maximum Gasteiger partial charge on any atom is 0.167 e. The quantitative estimate of drug-likeness (QED) is 0.484. The van der Waals surface area contributed by atoms with E-state index in [0.29, 0.717) is 17.0 Å². The zero-order valence-corrected chi connectivity index (χ0v) is 10.0. The molecule has 4 unspecified atom stereocenters. The van der Waals surface area contributed by atoms with E-state index in [0.717, 1.165) is 0 Å². The van der Waals surface area contributed by atoms with Gasteiger partial charge in [0, 0.05) is 0 Å². The molecule has 102 valence electrons. The first-order valence-electron chi connectivity index (χ1n) is 5.84. The maximum atomic E-state index is 9.20. The Labute approximate surface area is 108 Å². The highest BCUT2D eigenvalue weighted by Crippen LogP contribution is 2.29. The third-order valence-corrected chi connectivity index (χ3v) is 3.36. The molecule has 3 heterocycles. The molecule has 1 saturated heterocycles. The van der Waals surface area contributed by atoms with E-state index in [9.17, 15) is 5.11 Å². The molecule has 1 fully saturated rings. The normalized spacial score (nSPS) is 31.1. The van der Waals surface area contributed by atoms with Gasteiger partial charge in [-0.25, -0.2) is 15.0 Å². The lowest BCUT2D eigenvalue weighted by Crippen LogP contribution is -2.46. The molecule has 0 aliphatic carbocycles. The summed E-state index contributed by atoms with van der Waals surface area (Å²) >= 11 is 0. The van der Waals surface area contributed by atoms with Crippen LogP contribution < -0.4 is 17.2 Å². The zero-order valence-electron chi connectivity index (χ0n) is 10.0. The van der Waals surface area contributed by atoms with Gasteiger partial charge < -0.3 is 27.0 Å². The lowest BCUT2D eigenvalue weighted by Gasteiger charge is -2.17. The molecular formula is C10H15N7O2. The fraction of sp³-hybridized carbons (Fsp3) is 0.500. The van der Waals surface area contributed by atoms with E-state index in [1.807, 2.05) is 0 Å². The molecule has 19 heavy (non-hydrogen) atoms. The minimum absolute atomic E-state index is 0.185. The van der Waals surface area contributed by atoms with E-state index in [1.165, 1.54) is 12.7 Å². The number of imidazole rings is 1. The Balaban J connectivity index is 2.04. The van der Waals surface area contributed by atoms with Crippen LogP contribution in [0, 0.1) is 0 Å². The zero-order chi connectivity index (χ0) is 13.6. The van der Waals surface area contributed by atoms with Crippen LogP contribution in [0.25, 0.3) is 11.2 Å². The third kappa shape index (κ3) is 1.75. The maximum absolute atomic E-state index is 9.20. The molecule has 0 bridgehead atoms. The van der Waals surface area contributed by atoms with E-state index in [2.05, 4.69) is 15.0 Å². The highest BCUT2D eigenvalue weighted by atomic mass is 16.5. The molecule has 3 rings (SSSR count). The van der Waals surface area contributed by atoms with E-state index in [4.69, 9.17) is 21.9 Å². The minimum Gasteiger partial charge on any atom is -0.394 e. The molecule has 0 radical (unpaired) electrons. The number of nitrogens with zero attached hydrogens (tertiary/aromatic N) is 4. The Hall–Kier alpha value is -1.81. The predicted octanol–water partition coefficient (Wildman–Crippen LogP) is -2.05. The van der Waals surface area contributed by atoms with Crippen LogP contribution >= 0.6 is 0 Å². The van der Waals surface area contributed by atoms with Crippen molar-refractivity contribution in [3.63, 3.8) is 0 Å². The number of aliphatic hydroxyl groups is 1. The molecule has 1 aliphatic rings. The Kier molecular flexibility index (Phi) is 2.82. The number of aromatic nitrogens is 4. The number of hydrogen-bond donors (Lipinski definition) is 4. The molecule has 9 heteroatoms. The summed E-state index contributed by atoms with van der Waals surface area (Å²) in [5, 5.41) is 9.20. The molecule has 0 amide bonds. The number of fused-ring (bicyclic) bond motifs is 1. The summed E-state index contributed by atoms with van der Waals surface area (Å²) in [5.74, 6) is 0.290. The number of hydrogen-bond acceptors (Lipinski definition) is 8. The van der Waals surface area contributed by atoms with Gasteiger partial charge in [0.2, 0.25) is 0 Å². The topological polar surface area (TPSA) is 151 Å². The van der Waals surface area contributed by atoms with Gasteiger partial charge in [-0.15, -0.1) is 0 Å². The van der Waals surface area contributed by atoms with Gasteiger partial charge >= 0.3 is 0 Å². The van der Waals surface area contributed by atoms with Crippen molar-refractivity contribution >= 4 is 17.0 Å². The van der Waals surface area contributed by atoms with Crippen molar-refractivity contribution in [2.75, 3.05) is 12.3 Å². The van der Waals surface area contributed by atoms with Crippen LogP contribution in [0.2, 0.25) is 0 Å². The lowest BCUT2D eigenvalue weighted by molar-refractivity contribution is -0.0261. The number of rotatable bonds is 2. The summed E-state index contributed by atoms with van der Waals surface area (Å²) in [6.07, 6.45) is 1.84. The van der Waals surface area contributed by atoms with E-state index >= 15 is 0 Å². The van der Waals surface area contributed by atoms with Crippen LogP contribution in [0.5, 0.6) is 0 Å². The van der Waals surface area contributed by atoms with E-state index in [1.54, 1.807) is 4.57 Å². The molecule has 2 aromatic heterocycles. The van der Waals surface area contributed by atoms with Gasteiger partial charge in [-0.1, -0.05) is 0 Å². The molecule has 0 aromatic carbocycles. The Morgan fingerprint density at radius 2 is 2.05 bits per heavy atom. The van der Waals surface area contributed by atoms with Crippen molar-refractivity contribution in [2.24, 2.45) is 11.5 Å². The Morgan fingerprint density at radius 3 is 2.74 bits per heavy atom. The minimum atomic E-state index is -0.536. The first kappa shape index (κ1) is 12.2. The van der Waals surface area contributed by atoms with Gasteiger partial charge in [0.25, 0.3) is 0 Å². The van der Waals surface area contributed by atoms with Gasteiger partial charge in [-0.3, -0.25) is 4.57 Å². The number of anilines is 1. The van der Waals surface area contributed by atoms with Crippen molar-refractivity contribution in [3.8, 4) is 0 Å². The highest BCUT2D eigenvalue weighted by molar-refractivity contribution is 5.81. The number of nitrogens with two attached hydrogens (primary N) is 3. The number of ether oxygens (including phenoxy) is 1. The summed E-state index contributed by atoms with van der Waals surface area (Å²) in [6.45, 7) is -0.185. The molecule has 4 atom stereocenters. The molecule has 2 aromatic rings. The number of aliphatic hydroxyl groups excluding tert-OH is 1. The molecule has 0 spiro atoms. The largest absolute Gasteiger partial charge is 0.394 e. The molecule has 1 aliphatic heterocycles. The van der Waals surface area contributed by atoms with Gasteiger partial charge in [-0.05, 0) is 0 Å². The smallest absolute Gasteiger partial charge is 0.167 e. The molecular weight excluding hydrogens is 250 g/mol. The molecule has 7 N–H and O–H groups in total. The third-order valence-electron chi connectivity index (χ3n) is 3.36. The molecule has 9 nitrogen and oxygen atoms in total. The van der Waals surface area contributed by atoms with Crippen LogP contribution in [0.1, 0.15) is 6.23 Å². The summed E-state index contributed by atoms with van der Waals surface area (Å²) < 4.78 is 7.31. The summed E-state index contributed by atoms with van der Waals surface area (Å²) in [5.41, 5.74) is 18.7.